The molecule has 0 saturated carbocycles. The molecule has 1 N–H and O–H groups in total. The van der Waals surface area contributed by atoms with Crippen LogP contribution in [0.3, 0.4) is 0 Å². The van der Waals surface area contributed by atoms with Gasteiger partial charge in [-0.2, -0.15) is 5.10 Å². The second-order valence-electron chi connectivity index (χ2n) is 3.76. The lowest BCUT2D eigenvalue weighted by atomic mass is 10.2. The number of methoxy groups -OCH3 is 1. The second-order valence-corrected chi connectivity index (χ2v) is 5.20. The summed E-state index contributed by atoms with van der Waals surface area (Å²) in [5.41, 5.74) is 0.711. The first-order valence-corrected chi connectivity index (χ1v) is 6.94. The molecule has 0 bridgehead atoms. The largest absolute Gasteiger partial charge is 0.466 e. The summed E-state index contributed by atoms with van der Waals surface area (Å²) in [5.74, 6) is -1.02. The van der Waals surface area contributed by atoms with E-state index in [0.29, 0.717) is 10.6 Å². The van der Waals surface area contributed by atoms with Gasteiger partial charge in [0, 0.05) is 16.7 Å². The average molecular weight is 324 g/mol. The lowest BCUT2D eigenvalue weighted by Gasteiger charge is -1.94. The number of carbonyl (C=O) groups is 2. The van der Waals surface area contributed by atoms with E-state index in [2.05, 4.69) is 20.3 Å². The summed E-state index contributed by atoms with van der Waals surface area (Å²) >= 11 is 6.97. The summed E-state index contributed by atoms with van der Waals surface area (Å²) in [6.45, 7) is 0. The van der Waals surface area contributed by atoms with Gasteiger partial charge in [-0.3, -0.25) is 10.1 Å². The molecule has 0 spiro atoms. The van der Waals surface area contributed by atoms with Gasteiger partial charge >= 0.3 is 5.97 Å². The number of amides is 1. The Balaban J connectivity index is 2.07. The van der Waals surface area contributed by atoms with Crippen LogP contribution in [0, 0.1) is 0 Å². The lowest BCUT2D eigenvalue weighted by molar-refractivity contribution is -0.135. The topological polar surface area (TPSA) is 80.1 Å². The Labute approximate surface area is 129 Å². The molecule has 0 aliphatic carbocycles. The van der Waals surface area contributed by atoms with Crippen molar-refractivity contribution in [1.29, 1.82) is 0 Å². The van der Waals surface area contributed by atoms with E-state index in [0.717, 1.165) is 17.8 Å². The summed E-state index contributed by atoms with van der Waals surface area (Å²) in [6, 6.07) is 7.15. The first-order chi connectivity index (χ1) is 10.1. The molecule has 1 saturated heterocycles. The minimum Gasteiger partial charge on any atom is -0.466 e. The van der Waals surface area contributed by atoms with E-state index in [1.807, 2.05) is 12.1 Å². The molecular weight excluding hydrogens is 314 g/mol. The molecular formula is C13H10ClN3O3S. The van der Waals surface area contributed by atoms with Gasteiger partial charge in [0.15, 0.2) is 5.17 Å². The highest BCUT2D eigenvalue weighted by Crippen LogP contribution is 2.23. The standard InChI is InChI=1S/C13H10ClN3O3S/c1-20-11(18)6-10-12(19)16-13(21-10)17-15-7-8-4-2-3-5-9(8)14/h2-7H,1H3,(H,16,17,19)/b10-6-,15-7+. The van der Waals surface area contributed by atoms with Gasteiger partial charge in [0.1, 0.15) is 0 Å². The molecule has 2 rings (SSSR count). The Morgan fingerprint density at radius 3 is 2.90 bits per heavy atom. The Kier molecular flexibility index (Phi) is 5.13. The first-order valence-electron chi connectivity index (χ1n) is 5.74. The van der Waals surface area contributed by atoms with Crippen LogP contribution in [0.2, 0.25) is 5.02 Å². The van der Waals surface area contributed by atoms with E-state index in [4.69, 9.17) is 11.6 Å². The number of rotatable bonds is 3. The zero-order valence-corrected chi connectivity index (χ0v) is 12.4. The summed E-state index contributed by atoms with van der Waals surface area (Å²) in [5, 5.41) is 11.0. The van der Waals surface area contributed by atoms with Gasteiger partial charge in [-0.1, -0.05) is 29.8 Å². The van der Waals surface area contributed by atoms with Crippen molar-refractivity contribution in [3.05, 3.63) is 45.8 Å². The number of esters is 1. The highest BCUT2D eigenvalue weighted by Gasteiger charge is 2.24. The number of thioether (sulfide) groups is 1. The fourth-order valence-electron chi connectivity index (χ4n) is 1.36. The molecule has 1 fully saturated rings. The van der Waals surface area contributed by atoms with E-state index in [1.54, 1.807) is 12.1 Å². The number of benzene rings is 1. The molecule has 1 aromatic rings. The molecule has 0 unspecified atom stereocenters. The number of halogens is 1. The molecule has 6 nitrogen and oxygen atoms in total. The van der Waals surface area contributed by atoms with Crippen molar-refractivity contribution >= 4 is 46.6 Å². The van der Waals surface area contributed by atoms with Gasteiger partial charge in [-0.15, -0.1) is 5.10 Å². The van der Waals surface area contributed by atoms with Crippen LogP contribution >= 0.6 is 23.4 Å². The van der Waals surface area contributed by atoms with Crippen LogP contribution in [0.1, 0.15) is 5.56 Å². The molecule has 21 heavy (non-hydrogen) atoms. The Hall–Kier alpha value is -2.12. The van der Waals surface area contributed by atoms with E-state index in [9.17, 15) is 9.59 Å². The number of hydrogen-bond donors (Lipinski definition) is 1. The maximum Gasteiger partial charge on any atom is 0.331 e. The number of nitrogens with one attached hydrogen (secondary N) is 1. The molecule has 1 aromatic carbocycles. The average Bonchev–Trinajstić information content (AvgIpc) is 2.81. The smallest absolute Gasteiger partial charge is 0.331 e. The number of amidine groups is 1. The molecule has 0 radical (unpaired) electrons. The highest BCUT2D eigenvalue weighted by molar-refractivity contribution is 8.18. The fraction of sp³-hybridized carbons (Fsp3) is 0.0769. The summed E-state index contributed by atoms with van der Waals surface area (Å²) in [6.07, 6.45) is 2.57. The van der Waals surface area contributed by atoms with Gasteiger partial charge < -0.3 is 4.74 Å². The third kappa shape index (κ3) is 4.17. The predicted molar refractivity (Wildman–Crippen MR) is 82.3 cm³/mol. The maximum atomic E-state index is 11.6. The fourth-order valence-corrected chi connectivity index (χ4v) is 2.29. The van der Waals surface area contributed by atoms with Gasteiger partial charge in [0.25, 0.3) is 5.91 Å². The number of hydrogen-bond acceptors (Lipinski definition) is 6. The lowest BCUT2D eigenvalue weighted by Crippen LogP contribution is -2.19. The first kappa shape index (κ1) is 15.3. The van der Waals surface area contributed by atoms with E-state index >= 15 is 0 Å². The summed E-state index contributed by atoms with van der Waals surface area (Å²) < 4.78 is 4.46. The van der Waals surface area contributed by atoms with Crippen molar-refractivity contribution < 1.29 is 14.3 Å². The maximum absolute atomic E-state index is 11.6. The molecule has 1 aliphatic rings. The van der Waals surface area contributed by atoms with Crippen molar-refractivity contribution in [3.8, 4) is 0 Å². The molecule has 1 heterocycles. The highest BCUT2D eigenvalue weighted by atomic mass is 35.5. The molecule has 0 aromatic heterocycles. The van der Waals surface area contributed by atoms with E-state index in [1.165, 1.54) is 13.3 Å². The van der Waals surface area contributed by atoms with Crippen molar-refractivity contribution in [2.24, 2.45) is 10.2 Å². The van der Waals surface area contributed by atoms with Crippen LogP contribution in [0.5, 0.6) is 0 Å². The third-order valence-electron chi connectivity index (χ3n) is 2.35. The number of nitrogens with zero attached hydrogens (tertiary/aromatic N) is 2. The van der Waals surface area contributed by atoms with Gasteiger partial charge in [0.05, 0.1) is 18.2 Å². The van der Waals surface area contributed by atoms with Crippen molar-refractivity contribution in [2.75, 3.05) is 7.11 Å². The van der Waals surface area contributed by atoms with Crippen LogP contribution < -0.4 is 5.32 Å². The molecule has 1 aliphatic heterocycles. The number of ether oxygens (including phenoxy) is 1. The Morgan fingerprint density at radius 2 is 2.19 bits per heavy atom. The quantitative estimate of drug-likeness (QED) is 0.399. The molecule has 1 amide bonds. The zero-order valence-electron chi connectivity index (χ0n) is 10.9. The van der Waals surface area contributed by atoms with Crippen molar-refractivity contribution in [3.63, 3.8) is 0 Å². The summed E-state index contributed by atoms with van der Waals surface area (Å²) in [7, 11) is 1.24. The van der Waals surface area contributed by atoms with E-state index in [-0.39, 0.29) is 10.1 Å². The Bertz CT molecular complexity index is 670. The third-order valence-corrected chi connectivity index (χ3v) is 3.60. The number of carbonyl (C=O) groups excluding carboxylic acids is 2. The molecule has 0 atom stereocenters. The van der Waals surface area contributed by atoms with Gasteiger partial charge in [-0.05, 0) is 17.8 Å². The van der Waals surface area contributed by atoms with Crippen molar-refractivity contribution in [2.45, 2.75) is 0 Å². The van der Waals surface area contributed by atoms with Crippen LogP contribution in [0.4, 0.5) is 0 Å². The van der Waals surface area contributed by atoms with Crippen LogP contribution in [-0.4, -0.2) is 30.4 Å². The minimum atomic E-state index is -0.603. The SMILES string of the molecule is COC(=O)/C=C1\S/C(=N/N=C/c2ccccc2Cl)NC1=O. The van der Waals surface area contributed by atoms with Crippen LogP contribution in [-0.2, 0) is 14.3 Å². The molecule has 108 valence electrons. The zero-order chi connectivity index (χ0) is 15.2. The monoisotopic (exact) mass is 323 g/mol. The van der Waals surface area contributed by atoms with Crippen LogP contribution in [0.15, 0.2) is 45.4 Å². The molecule has 8 heteroatoms. The van der Waals surface area contributed by atoms with Crippen molar-refractivity contribution in [1.82, 2.24) is 5.32 Å². The predicted octanol–water partition coefficient (Wildman–Crippen LogP) is 1.95. The van der Waals surface area contributed by atoms with Gasteiger partial charge in [0.2, 0.25) is 0 Å². The normalized spacial score (nSPS) is 18.5. The second kappa shape index (κ2) is 7.05. The van der Waals surface area contributed by atoms with E-state index < -0.39 is 11.9 Å². The van der Waals surface area contributed by atoms with Crippen LogP contribution in [0.25, 0.3) is 0 Å². The minimum absolute atomic E-state index is 0.202. The Morgan fingerprint density at radius 1 is 1.43 bits per heavy atom. The summed E-state index contributed by atoms with van der Waals surface area (Å²) in [4.78, 5) is 22.8. The van der Waals surface area contributed by atoms with Gasteiger partial charge in [-0.25, -0.2) is 4.79 Å².